The van der Waals surface area contributed by atoms with E-state index in [1.54, 1.807) is 30.1 Å². The van der Waals surface area contributed by atoms with Crippen LogP contribution in [-0.4, -0.2) is 6.10 Å². The molecule has 0 aromatic rings. The molecule has 0 rings (SSSR count). The van der Waals surface area contributed by atoms with Crippen molar-refractivity contribution in [2.75, 3.05) is 0 Å². The molecule has 0 spiro atoms. The van der Waals surface area contributed by atoms with Gasteiger partial charge in [-0.1, -0.05) is 40.3 Å². The Kier molecular flexibility index (Phi) is 16.1. The van der Waals surface area contributed by atoms with Gasteiger partial charge in [0.2, 0.25) is 0 Å². The average Bonchev–Trinajstić information content (AvgIpc) is 2.01. The summed E-state index contributed by atoms with van der Waals surface area (Å²) in [6.45, 7) is 1.73. The van der Waals surface area contributed by atoms with Crippen LogP contribution in [0, 0.1) is 11.8 Å². The molecule has 0 amide bonds. The largest absolute Gasteiger partial charge is 1.00 e. The van der Waals surface area contributed by atoms with Gasteiger partial charge in [-0.05, 0) is 18.3 Å². The maximum absolute atomic E-state index is 10.9. The standard InChI is InChI=1S/C9H10BrO.Rb/c1-2-3-6-9(11)7-4-5-8-10;/h4-5,7-9H,6H2,1H3;/q-1;+1/b7-4+,8-5+;/t9-;/m1./s1. The molecule has 3 heteroatoms. The van der Waals surface area contributed by atoms with Crippen molar-refractivity contribution in [1.29, 1.82) is 0 Å². The van der Waals surface area contributed by atoms with Gasteiger partial charge < -0.3 is 5.11 Å². The minimum absolute atomic E-state index is 0. The minimum Gasteiger partial charge on any atom is -0.848 e. The van der Waals surface area contributed by atoms with Crippen LogP contribution in [0.15, 0.2) is 23.2 Å². The first-order valence-corrected chi connectivity index (χ1v) is 4.21. The van der Waals surface area contributed by atoms with E-state index in [-0.39, 0.29) is 58.2 Å². The van der Waals surface area contributed by atoms with E-state index in [0.717, 1.165) is 0 Å². The Hall–Kier alpha value is 1.29. The van der Waals surface area contributed by atoms with E-state index >= 15 is 0 Å². The number of rotatable bonds is 3. The van der Waals surface area contributed by atoms with E-state index in [0.29, 0.717) is 6.42 Å². The first-order chi connectivity index (χ1) is 5.31. The van der Waals surface area contributed by atoms with E-state index in [1.807, 2.05) is 0 Å². The molecule has 0 aliphatic carbocycles. The summed E-state index contributed by atoms with van der Waals surface area (Å²) < 4.78 is 0. The number of hydrogen-bond acceptors (Lipinski definition) is 1. The molecule has 1 nitrogen and oxygen atoms in total. The van der Waals surface area contributed by atoms with Crippen LogP contribution in [0.4, 0.5) is 0 Å². The van der Waals surface area contributed by atoms with Gasteiger partial charge in [0.05, 0.1) is 0 Å². The Balaban J connectivity index is 0. The Morgan fingerprint density at radius 2 is 2.17 bits per heavy atom. The molecule has 0 saturated heterocycles. The molecule has 0 radical (unpaired) electrons. The molecule has 0 aromatic carbocycles. The molecule has 0 bridgehead atoms. The topological polar surface area (TPSA) is 23.1 Å². The van der Waals surface area contributed by atoms with Gasteiger partial charge in [0, 0.05) is 0 Å². The normalized spacial score (nSPS) is 12.2. The fourth-order valence-electron chi connectivity index (χ4n) is 0.501. The summed E-state index contributed by atoms with van der Waals surface area (Å²) in [5.74, 6) is 5.40. The summed E-state index contributed by atoms with van der Waals surface area (Å²) in [6.07, 6.45) is 4.74. The van der Waals surface area contributed by atoms with Crippen LogP contribution in [0.25, 0.3) is 0 Å². The van der Waals surface area contributed by atoms with E-state index < -0.39 is 6.10 Å². The second-order valence-electron chi connectivity index (χ2n) is 1.87. The predicted octanol–water partition coefficient (Wildman–Crippen LogP) is -1.40. The van der Waals surface area contributed by atoms with Crippen molar-refractivity contribution in [2.24, 2.45) is 0 Å². The van der Waals surface area contributed by atoms with Gasteiger partial charge in [-0.3, -0.25) is 0 Å². The minimum atomic E-state index is -0.703. The van der Waals surface area contributed by atoms with Crippen molar-refractivity contribution in [3.63, 3.8) is 0 Å². The van der Waals surface area contributed by atoms with Gasteiger partial charge in [0.1, 0.15) is 0 Å². The molecule has 0 fully saturated rings. The maximum atomic E-state index is 10.9. The smallest absolute Gasteiger partial charge is 0.848 e. The molecular formula is C9H10BrORb. The molecule has 0 N–H and O–H groups in total. The SMILES string of the molecule is CC#CC[C@@H]([O-])/C=C/C=C/Br.[Rb+]. The van der Waals surface area contributed by atoms with Gasteiger partial charge in [0.15, 0.2) is 0 Å². The van der Waals surface area contributed by atoms with Crippen molar-refractivity contribution in [2.45, 2.75) is 19.4 Å². The Morgan fingerprint density at radius 3 is 2.67 bits per heavy atom. The zero-order valence-electron chi connectivity index (χ0n) is 7.38. The number of allylic oxidation sites excluding steroid dienone is 2. The third-order valence-electron chi connectivity index (χ3n) is 0.990. The van der Waals surface area contributed by atoms with Crippen LogP contribution in [0.2, 0.25) is 0 Å². The van der Waals surface area contributed by atoms with Crippen molar-refractivity contribution in [3.8, 4) is 11.8 Å². The van der Waals surface area contributed by atoms with Crippen LogP contribution in [-0.2, 0) is 0 Å². The second-order valence-corrected chi connectivity index (χ2v) is 2.40. The first-order valence-electron chi connectivity index (χ1n) is 3.30. The number of hydrogen-bond donors (Lipinski definition) is 0. The molecule has 0 aliphatic rings. The summed E-state index contributed by atoms with van der Waals surface area (Å²) in [6, 6.07) is 0. The molecule has 1 atom stereocenters. The first kappa shape index (κ1) is 15.7. The predicted molar refractivity (Wildman–Crippen MR) is 49.1 cm³/mol. The Bertz CT molecular complexity index is 200. The van der Waals surface area contributed by atoms with Crippen LogP contribution in [0.1, 0.15) is 13.3 Å². The Morgan fingerprint density at radius 1 is 1.50 bits per heavy atom. The third kappa shape index (κ3) is 11.3. The fourth-order valence-corrected chi connectivity index (χ4v) is 0.677. The van der Waals surface area contributed by atoms with E-state index in [9.17, 15) is 5.11 Å². The molecule has 0 unspecified atom stereocenters. The summed E-state index contributed by atoms with van der Waals surface area (Å²) in [7, 11) is 0. The summed E-state index contributed by atoms with van der Waals surface area (Å²) in [5, 5.41) is 10.9. The molecule has 60 valence electrons. The summed E-state index contributed by atoms with van der Waals surface area (Å²) in [4.78, 5) is 1.70. The summed E-state index contributed by atoms with van der Waals surface area (Å²) in [5.41, 5.74) is 0. The van der Waals surface area contributed by atoms with Crippen LogP contribution < -0.4 is 63.3 Å². The number of halogens is 1. The molecule has 0 heterocycles. The quantitative estimate of drug-likeness (QED) is 0.464. The van der Waals surface area contributed by atoms with Gasteiger partial charge >= 0.3 is 58.2 Å². The van der Waals surface area contributed by atoms with Crippen LogP contribution >= 0.6 is 15.9 Å². The van der Waals surface area contributed by atoms with E-state index in [1.165, 1.54) is 0 Å². The van der Waals surface area contributed by atoms with Crippen molar-refractivity contribution >= 4 is 15.9 Å². The monoisotopic (exact) mass is 298 g/mol. The Labute approximate surface area is 131 Å². The molecule has 0 aliphatic heterocycles. The van der Waals surface area contributed by atoms with Gasteiger partial charge in [-0.2, -0.15) is 0 Å². The van der Waals surface area contributed by atoms with E-state index in [2.05, 4.69) is 27.8 Å². The second kappa shape index (κ2) is 12.3. The maximum Gasteiger partial charge on any atom is 1.00 e. The average molecular weight is 300 g/mol. The van der Waals surface area contributed by atoms with Gasteiger partial charge in [-0.15, -0.1) is 11.8 Å². The fraction of sp³-hybridized carbons (Fsp3) is 0.333. The van der Waals surface area contributed by atoms with E-state index in [4.69, 9.17) is 0 Å². The molecule has 12 heavy (non-hydrogen) atoms. The van der Waals surface area contributed by atoms with Crippen molar-refractivity contribution < 1.29 is 63.3 Å². The zero-order valence-corrected chi connectivity index (χ0v) is 13.9. The molecule has 0 aromatic heterocycles. The van der Waals surface area contributed by atoms with Crippen molar-refractivity contribution in [3.05, 3.63) is 23.2 Å². The van der Waals surface area contributed by atoms with Crippen LogP contribution in [0.3, 0.4) is 0 Å². The van der Waals surface area contributed by atoms with Crippen LogP contribution in [0.5, 0.6) is 0 Å². The van der Waals surface area contributed by atoms with Gasteiger partial charge in [-0.25, -0.2) is 0 Å². The summed E-state index contributed by atoms with van der Waals surface area (Å²) >= 11 is 3.09. The molecule has 0 saturated carbocycles. The third-order valence-corrected chi connectivity index (χ3v) is 1.29. The van der Waals surface area contributed by atoms with Crippen molar-refractivity contribution in [1.82, 2.24) is 0 Å². The zero-order chi connectivity index (χ0) is 8.53. The van der Waals surface area contributed by atoms with Gasteiger partial charge in [0.25, 0.3) is 0 Å². The molecular weight excluding hydrogens is 289 g/mol.